The van der Waals surface area contributed by atoms with Gasteiger partial charge in [0.15, 0.2) is 0 Å². The first kappa shape index (κ1) is 28.7. The molecule has 0 amide bonds. The second-order valence-electron chi connectivity index (χ2n) is 12.6. The number of hydrogen-bond donors (Lipinski definition) is 0. The van der Waals surface area contributed by atoms with Gasteiger partial charge in [0, 0.05) is 12.5 Å². The van der Waals surface area contributed by atoms with Crippen molar-refractivity contribution in [2.24, 2.45) is 23.7 Å². The van der Waals surface area contributed by atoms with Gasteiger partial charge >= 0.3 is 0 Å². The van der Waals surface area contributed by atoms with Gasteiger partial charge < -0.3 is 4.74 Å². The fourth-order valence-electron chi connectivity index (χ4n) is 7.28. The molecule has 0 radical (unpaired) electrons. The minimum absolute atomic E-state index is 0.554. The van der Waals surface area contributed by atoms with E-state index in [2.05, 4.69) is 62.4 Å². The van der Waals surface area contributed by atoms with Crippen LogP contribution in [-0.2, 0) is 11.2 Å². The number of hydrogen-bond acceptors (Lipinski definition) is 1. The summed E-state index contributed by atoms with van der Waals surface area (Å²) >= 11 is 0. The summed E-state index contributed by atoms with van der Waals surface area (Å²) in [5.74, 6) is 4.16. The molecule has 2 fully saturated rings. The van der Waals surface area contributed by atoms with Gasteiger partial charge in [0.25, 0.3) is 0 Å². The van der Waals surface area contributed by atoms with Crippen molar-refractivity contribution in [2.75, 3.05) is 6.61 Å². The Morgan fingerprint density at radius 1 is 0.784 bits per heavy atom. The van der Waals surface area contributed by atoms with Crippen LogP contribution >= 0.6 is 0 Å². The Morgan fingerprint density at radius 3 is 2.24 bits per heavy atom. The molecule has 206 valence electrons. The standard InChI is InChI=1S/C36H56O/c1-3-5-6-9-29-12-18-32(19-13-29)34-22-24-35(25-23-34)33-20-14-30(15-21-33)10-7-8-11-31-16-26-36(27-17-31)37-28-4-2/h7,10,12-13,18-19,22,24,30-31,33-36H,3-6,8-9,11,14-17,20-21,23,25-28H2,1-2H3/b10-7+. The second kappa shape index (κ2) is 15.9. The zero-order valence-corrected chi connectivity index (χ0v) is 24.2. The molecule has 2 atom stereocenters. The first-order chi connectivity index (χ1) is 18.2. The van der Waals surface area contributed by atoms with E-state index in [-0.39, 0.29) is 0 Å². The van der Waals surface area contributed by atoms with Gasteiger partial charge in [-0.1, -0.05) is 75.3 Å². The Kier molecular flexibility index (Phi) is 12.3. The number of benzene rings is 1. The van der Waals surface area contributed by atoms with E-state index >= 15 is 0 Å². The molecule has 1 aromatic rings. The number of allylic oxidation sites excluding steroid dienone is 4. The SMILES string of the molecule is CCCCCc1ccc(C2C=CC(C3CCC(/C=C/CCC4CCC(OCCC)CC4)CC3)CC2)cc1. The number of aryl methyl sites for hydroxylation is 1. The number of rotatable bonds is 13. The van der Waals surface area contributed by atoms with Crippen LogP contribution in [0.3, 0.4) is 0 Å². The fraction of sp³-hybridized carbons (Fsp3) is 0.722. The predicted molar refractivity (Wildman–Crippen MR) is 160 cm³/mol. The minimum Gasteiger partial charge on any atom is -0.378 e. The van der Waals surface area contributed by atoms with Crippen molar-refractivity contribution in [3.8, 4) is 0 Å². The zero-order valence-electron chi connectivity index (χ0n) is 24.2. The van der Waals surface area contributed by atoms with Gasteiger partial charge in [-0.3, -0.25) is 0 Å². The van der Waals surface area contributed by atoms with Crippen LogP contribution < -0.4 is 0 Å². The Hall–Kier alpha value is -1.34. The largest absolute Gasteiger partial charge is 0.378 e. The maximum absolute atomic E-state index is 5.96. The first-order valence-electron chi connectivity index (χ1n) is 16.3. The number of ether oxygens (including phenoxy) is 1. The molecular weight excluding hydrogens is 448 g/mol. The first-order valence-corrected chi connectivity index (χ1v) is 16.3. The quantitative estimate of drug-likeness (QED) is 0.192. The van der Waals surface area contributed by atoms with E-state index in [1.54, 1.807) is 0 Å². The van der Waals surface area contributed by atoms with E-state index in [0.717, 1.165) is 36.7 Å². The highest BCUT2D eigenvalue weighted by Crippen LogP contribution is 2.41. The third-order valence-corrected chi connectivity index (χ3v) is 9.80. The van der Waals surface area contributed by atoms with Crippen molar-refractivity contribution < 1.29 is 4.74 Å². The lowest BCUT2D eigenvalue weighted by Crippen LogP contribution is -2.22. The molecule has 0 saturated heterocycles. The normalized spacial score (nSPS) is 30.6. The Balaban J connectivity index is 1.11. The van der Waals surface area contributed by atoms with E-state index in [0.29, 0.717) is 12.0 Å². The number of unbranched alkanes of at least 4 members (excludes halogenated alkanes) is 2. The molecule has 1 nitrogen and oxygen atoms in total. The predicted octanol–water partition coefficient (Wildman–Crippen LogP) is 10.6. The van der Waals surface area contributed by atoms with Crippen LogP contribution in [0.2, 0.25) is 0 Å². The van der Waals surface area contributed by atoms with Gasteiger partial charge in [0.1, 0.15) is 0 Å². The lowest BCUT2D eigenvalue weighted by molar-refractivity contribution is 0.0177. The average molecular weight is 505 g/mol. The van der Waals surface area contributed by atoms with Crippen molar-refractivity contribution in [1.29, 1.82) is 0 Å². The van der Waals surface area contributed by atoms with Crippen LogP contribution in [0.25, 0.3) is 0 Å². The van der Waals surface area contributed by atoms with Crippen LogP contribution in [0.15, 0.2) is 48.6 Å². The van der Waals surface area contributed by atoms with E-state index in [1.807, 2.05) is 0 Å². The van der Waals surface area contributed by atoms with Gasteiger partial charge in [0.2, 0.25) is 0 Å². The van der Waals surface area contributed by atoms with Gasteiger partial charge in [-0.2, -0.15) is 0 Å². The summed E-state index contributed by atoms with van der Waals surface area (Å²) in [7, 11) is 0. The molecule has 37 heavy (non-hydrogen) atoms. The fourth-order valence-corrected chi connectivity index (χ4v) is 7.28. The van der Waals surface area contributed by atoms with E-state index in [4.69, 9.17) is 4.74 Å². The van der Waals surface area contributed by atoms with Crippen LogP contribution in [0.1, 0.15) is 134 Å². The van der Waals surface area contributed by atoms with Gasteiger partial charge in [-0.15, -0.1) is 0 Å². The van der Waals surface area contributed by atoms with E-state index < -0.39 is 0 Å². The maximum Gasteiger partial charge on any atom is 0.0575 e. The average Bonchev–Trinajstić information content (AvgIpc) is 2.96. The molecule has 0 bridgehead atoms. The molecule has 0 N–H and O–H groups in total. The van der Waals surface area contributed by atoms with Crippen LogP contribution in [0.4, 0.5) is 0 Å². The molecule has 1 heteroatoms. The molecule has 3 aliphatic rings. The Bertz CT molecular complexity index is 788. The summed E-state index contributed by atoms with van der Waals surface area (Å²) < 4.78 is 5.96. The summed E-state index contributed by atoms with van der Waals surface area (Å²) in [6.45, 7) is 5.45. The molecule has 1 aromatic carbocycles. The zero-order chi connectivity index (χ0) is 25.7. The van der Waals surface area contributed by atoms with Gasteiger partial charge in [0.05, 0.1) is 6.10 Å². The van der Waals surface area contributed by atoms with Crippen molar-refractivity contribution in [3.63, 3.8) is 0 Å². The third-order valence-electron chi connectivity index (χ3n) is 9.80. The van der Waals surface area contributed by atoms with Crippen LogP contribution in [0, 0.1) is 23.7 Å². The summed E-state index contributed by atoms with van der Waals surface area (Å²) in [6, 6.07) is 9.57. The van der Waals surface area contributed by atoms with E-state index in [1.165, 1.54) is 114 Å². The highest BCUT2D eigenvalue weighted by molar-refractivity contribution is 5.29. The Morgan fingerprint density at radius 2 is 1.57 bits per heavy atom. The molecule has 2 unspecified atom stereocenters. The second-order valence-corrected chi connectivity index (χ2v) is 12.6. The molecular formula is C36H56O. The Labute approximate surface area is 229 Å². The molecule has 2 saturated carbocycles. The van der Waals surface area contributed by atoms with Crippen LogP contribution in [0.5, 0.6) is 0 Å². The van der Waals surface area contributed by atoms with Crippen LogP contribution in [-0.4, -0.2) is 12.7 Å². The lowest BCUT2D eigenvalue weighted by Gasteiger charge is -2.34. The van der Waals surface area contributed by atoms with Crippen molar-refractivity contribution in [3.05, 3.63) is 59.7 Å². The lowest BCUT2D eigenvalue weighted by atomic mass is 9.71. The minimum atomic E-state index is 0.554. The third kappa shape index (κ3) is 9.42. The van der Waals surface area contributed by atoms with Crippen molar-refractivity contribution >= 4 is 0 Å². The molecule has 0 aromatic heterocycles. The summed E-state index contributed by atoms with van der Waals surface area (Å²) in [4.78, 5) is 0. The molecule has 0 spiro atoms. The smallest absolute Gasteiger partial charge is 0.0575 e. The highest BCUT2D eigenvalue weighted by Gasteiger charge is 2.28. The molecule has 3 aliphatic carbocycles. The maximum atomic E-state index is 5.96. The van der Waals surface area contributed by atoms with E-state index in [9.17, 15) is 0 Å². The highest BCUT2D eigenvalue weighted by atomic mass is 16.5. The van der Waals surface area contributed by atoms with Crippen molar-refractivity contribution in [2.45, 2.75) is 135 Å². The summed E-state index contributed by atoms with van der Waals surface area (Å²) in [5, 5.41) is 0. The molecule has 4 rings (SSSR count). The molecule has 0 heterocycles. The van der Waals surface area contributed by atoms with Gasteiger partial charge in [-0.05, 0) is 131 Å². The molecule has 0 aliphatic heterocycles. The topological polar surface area (TPSA) is 9.23 Å². The summed E-state index contributed by atoms with van der Waals surface area (Å²) in [6.07, 6.45) is 33.6. The van der Waals surface area contributed by atoms with Gasteiger partial charge in [-0.25, -0.2) is 0 Å². The van der Waals surface area contributed by atoms with Crippen molar-refractivity contribution in [1.82, 2.24) is 0 Å². The monoisotopic (exact) mass is 504 g/mol. The summed E-state index contributed by atoms with van der Waals surface area (Å²) in [5.41, 5.74) is 3.04.